The van der Waals surface area contributed by atoms with Crippen molar-refractivity contribution in [2.24, 2.45) is 0 Å². The van der Waals surface area contributed by atoms with Crippen LogP contribution in [0.4, 0.5) is 15.2 Å². The van der Waals surface area contributed by atoms with Gasteiger partial charge in [-0.15, -0.1) is 11.3 Å². The van der Waals surface area contributed by atoms with Crippen molar-refractivity contribution in [3.05, 3.63) is 71.2 Å². The fourth-order valence-electron chi connectivity index (χ4n) is 1.86. The van der Waals surface area contributed by atoms with Gasteiger partial charge in [-0.2, -0.15) is 0 Å². The normalized spacial score (nSPS) is 10.2. The standard InChI is InChI=1S/C16H11FN4O2S/c17-11-3-6-13(19-9-11)15(23)20-12-4-1-10(2-5-12)14(22)21-16-18-7-8-24-16/h1-9H,(H,20,23)(H,18,21,22). The van der Waals surface area contributed by atoms with Gasteiger partial charge in [0.2, 0.25) is 0 Å². The molecule has 3 rings (SSSR count). The largest absolute Gasteiger partial charge is 0.321 e. The number of pyridine rings is 1. The van der Waals surface area contributed by atoms with Crippen LogP contribution >= 0.6 is 11.3 Å². The summed E-state index contributed by atoms with van der Waals surface area (Å²) in [7, 11) is 0. The fourth-order valence-corrected chi connectivity index (χ4v) is 2.39. The summed E-state index contributed by atoms with van der Waals surface area (Å²) in [6.07, 6.45) is 2.57. The smallest absolute Gasteiger partial charge is 0.274 e. The minimum atomic E-state index is -0.512. The summed E-state index contributed by atoms with van der Waals surface area (Å²) >= 11 is 1.32. The van der Waals surface area contributed by atoms with E-state index >= 15 is 0 Å². The number of carbonyl (C=O) groups is 2. The second kappa shape index (κ2) is 6.97. The Morgan fingerprint density at radius 1 is 0.958 bits per heavy atom. The highest BCUT2D eigenvalue weighted by Crippen LogP contribution is 2.15. The van der Waals surface area contributed by atoms with Crippen LogP contribution < -0.4 is 10.6 Å². The third kappa shape index (κ3) is 3.79. The molecule has 0 radical (unpaired) electrons. The van der Waals surface area contributed by atoms with Crippen molar-refractivity contribution in [1.82, 2.24) is 9.97 Å². The molecule has 2 heterocycles. The second-order valence-electron chi connectivity index (χ2n) is 4.68. The van der Waals surface area contributed by atoms with Gasteiger partial charge in [0, 0.05) is 22.8 Å². The van der Waals surface area contributed by atoms with Crippen LogP contribution in [0.1, 0.15) is 20.8 Å². The number of rotatable bonds is 4. The highest BCUT2D eigenvalue weighted by atomic mass is 32.1. The third-order valence-corrected chi connectivity index (χ3v) is 3.71. The molecule has 1 aromatic carbocycles. The molecule has 0 fully saturated rings. The van der Waals surface area contributed by atoms with E-state index in [0.717, 1.165) is 12.3 Å². The molecule has 120 valence electrons. The molecule has 2 N–H and O–H groups in total. The maximum atomic E-state index is 12.8. The first-order valence-electron chi connectivity index (χ1n) is 6.85. The summed E-state index contributed by atoms with van der Waals surface area (Å²) in [5, 5.41) is 7.56. The van der Waals surface area contributed by atoms with Crippen molar-refractivity contribution in [3.8, 4) is 0 Å². The molecule has 0 aliphatic carbocycles. The average molecular weight is 342 g/mol. The van der Waals surface area contributed by atoms with Crippen LogP contribution in [-0.2, 0) is 0 Å². The van der Waals surface area contributed by atoms with Crippen LogP contribution in [0.2, 0.25) is 0 Å². The quantitative estimate of drug-likeness (QED) is 0.763. The highest BCUT2D eigenvalue weighted by molar-refractivity contribution is 7.13. The van der Waals surface area contributed by atoms with Gasteiger partial charge < -0.3 is 5.32 Å². The topological polar surface area (TPSA) is 84.0 Å². The fraction of sp³-hybridized carbons (Fsp3) is 0. The van der Waals surface area contributed by atoms with Gasteiger partial charge in [0.15, 0.2) is 5.13 Å². The molecule has 2 aromatic heterocycles. The predicted molar refractivity (Wildman–Crippen MR) is 88.7 cm³/mol. The van der Waals surface area contributed by atoms with Crippen molar-refractivity contribution in [3.63, 3.8) is 0 Å². The molecule has 24 heavy (non-hydrogen) atoms. The van der Waals surface area contributed by atoms with E-state index in [1.54, 1.807) is 35.8 Å². The lowest BCUT2D eigenvalue weighted by Gasteiger charge is -2.06. The first-order valence-corrected chi connectivity index (χ1v) is 7.73. The van der Waals surface area contributed by atoms with E-state index in [0.29, 0.717) is 16.4 Å². The first-order chi connectivity index (χ1) is 11.6. The van der Waals surface area contributed by atoms with E-state index in [2.05, 4.69) is 20.6 Å². The monoisotopic (exact) mass is 342 g/mol. The number of amides is 2. The zero-order valence-corrected chi connectivity index (χ0v) is 13.0. The van der Waals surface area contributed by atoms with Crippen molar-refractivity contribution in [1.29, 1.82) is 0 Å². The number of hydrogen-bond donors (Lipinski definition) is 2. The van der Waals surface area contributed by atoms with E-state index in [-0.39, 0.29) is 11.6 Å². The molecule has 2 amide bonds. The molecular formula is C16H11FN4O2S. The maximum Gasteiger partial charge on any atom is 0.274 e. The van der Waals surface area contributed by atoms with Gasteiger partial charge in [-0.05, 0) is 36.4 Å². The minimum Gasteiger partial charge on any atom is -0.321 e. The number of hydrogen-bond acceptors (Lipinski definition) is 5. The van der Waals surface area contributed by atoms with Gasteiger partial charge in [-0.1, -0.05) is 0 Å². The van der Waals surface area contributed by atoms with Crippen molar-refractivity contribution in [2.45, 2.75) is 0 Å². The van der Waals surface area contributed by atoms with E-state index in [1.807, 2.05) is 0 Å². The molecule has 6 nitrogen and oxygen atoms in total. The Hall–Kier alpha value is -3.13. The van der Waals surface area contributed by atoms with E-state index in [9.17, 15) is 14.0 Å². The number of nitrogens with zero attached hydrogens (tertiary/aromatic N) is 2. The summed E-state index contributed by atoms with van der Waals surface area (Å²) < 4.78 is 12.8. The van der Waals surface area contributed by atoms with Crippen LogP contribution in [0.3, 0.4) is 0 Å². The molecule has 0 aliphatic heterocycles. The summed E-state index contributed by atoms with van der Waals surface area (Å²) in [5.41, 5.74) is 1.03. The first kappa shape index (κ1) is 15.8. The SMILES string of the molecule is O=C(Nc1nccs1)c1ccc(NC(=O)c2ccc(F)cn2)cc1. The van der Waals surface area contributed by atoms with Gasteiger partial charge in [-0.3, -0.25) is 14.9 Å². The number of anilines is 2. The van der Waals surface area contributed by atoms with Crippen LogP contribution in [0.15, 0.2) is 54.2 Å². The zero-order valence-electron chi connectivity index (χ0n) is 12.2. The number of aromatic nitrogens is 2. The molecule has 0 unspecified atom stereocenters. The zero-order chi connectivity index (χ0) is 16.9. The van der Waals surface area contributed by atoms with Gasteiger partial charge in [-0.25, -0.2) is 14.4 Å². The Balaban J connectivity index is 1.64. The Morgan fingerprint density at radius 3 is 2.38 bits per heavy atom. The summed E-state index contributed by atoms with van der Waals surface area (Å²) in [6, 6.07) is 8.80. The number of halogens is 1. The van der Waals surface area contributed by atoms with Crippen molar-refractivity contribution < 1.29 is 14.0 Å². The summed E-state index contributed by atoms with van der Waals surface area (Å²) in [5.74, 6) is -1.26. The number of thiazole rings is 1. The molecule has 0 saturated carbocycles. The van der Waals surface area contributed by atoms with E-state index in [4.69, 9.17) is 0 Å². The highest BCUT2D eigenvalue weighted by Gasteiger charge is 2.10. The van der Waals surface area contributed by atoms with Gasteiger partial charge >= 0.3 is 0 Å². The van der Waals surface area contributed by atoms with Gasteiger partial charge in [0.25, 0.3) is 11.8 Å². The Kier molecular flexibility index (Phi) is 4.57. The molecular weight excluding hydrogens is 331 g/mol. The Bertz CT molecular complexity index is 849. The summed E-state index contributed by atoms with van der Waals surface area (Å²) in [6.45, 7) is 0. The van der Waals surface area contributed by atoms with Crippen molar-refractivity contribution in [2.75, 3.05) is 10.6 Å². The molecule has 3 aromatic rings. The second-order valence-corrected chi connectivity index (χ2v) is 5.58. The predicted octanol–water partition coefficient (Wildman–Crippen LogP) is 3.18. The molecule has 0 bridgehead atoms. The maximum absolute atomic E-state index is 12.8. The number of nitrogens with one attached hydrogen (secondary N) is 2. The molecule has 0 atom stereocenters. The lowest BCUT2D eigenvalue weighted by molar-refractivity contribution is 0.101. The van der Waals surface area contributed by atoms with Gasteiger partial charge in [0.1, 0.15) is 11.5 Å². The third-order valence-electron chi connectivity index (χ3n) is 3.02. The minimum absolute atomic E-state index is 0.0991. The molecule has 0 aliphatic rings. The molecule has 8 heteroatoms. The summed E-state index contributed by atoms with van der Waals surface area (Å²) in [4.78, 5) is 31.7. The number of carbonyl (C=O) groups excluding carboxylic acids is 2. The lowest BCUT2D eigenvalue weighted by atomic mass is 10.2. The van der Waals surface area contributed by atoms with Crippen molar-refractivity contribution >= 4 is 34.0 Å². The lowest BCUT2D eigenvalue weighted by Crippen LogP contribution is -2.14. The van der Waals surface area contributed by atoms with Crippen LogP contribution in [0, 0.1) is 5.82 Å². The van der Waals surface area contributed by atoms with Crippen LogP contribution in [0.5, 0.6) is 0 Å². The average Bonchev–Trinajstić information content (AvgIpc) is 3.09. The van der Waals surface area contributed by atoms with E-state index < -0.39 is 11.7 Å². The van der Waals surface area contributed by atoms with Crippen LogP contribution in [-0.4, -0.2) is 21.8 Å². The Labute approximate surface area is 140 Å². The van der Waals surface area contributed by atoms with Gasteiger partial charge in [0.05, 0.1) is 6.20 Å². The van der Waals surface area contributed by atoms with Crippen LogP contribution in [0.25, 0.3) is 0 Å². The molecule has 0 spiro atoms. The Morgan fingerprint density at radius 2 is 1.75 bits per heavy atom. The van der Waals surface area contributed by atoms with E-state index in [1.165, 1.54) is 17.4 Å². The molecule has 0 saturated heterocycles. The number of benzene rings is 1.